The van der Waals surface area contributed by atoms with Crippen molar-refractivity contribution in [1.29, 1.82) is 0 Å². The first-order valence-electron chi connectivity index (χ1n) is 7.89. The molecule has 0 saturated carbocycles. The van der Waals surface area contributed by atoms with Crippen LogP contribution in [0.3, 0.4) is 0 Å². The first-order valence-corrected chi connectivity index (χ1v) is 7.89. The number of nitrogens with one attached hydrogen (secondary N) is 1. The standard InChI is InChI=1S/C17H26N2O/c1-4-20-17-9-12(2)5-8-16(17)18-13-10-14-6-7-15(11-13)19(14)3/h5,8-9,13-15,18H,4,6-7,10-11H2,1-3H3. The van der Waals surface area contributed by atoms with Gasteiger partial charge in [-0.15, -0.1) is 0 Å². The first-order chi connectivity index (χ1) is 9.67. The maximum atomic E-state index is 5.78. The Morgan fingerprint density at radius 1 is 1.25 bits per heavy atom. The second kappa shape index (κ2) is 5.65. The fourth-order valence-electron chi connectivity index (χ4n) is 3.77. The molecule has 0 aromatic heterocycles. The number of aryl methyl sites for hydroxylation is 1. The molecule has 0 aliphatic carbocycles. The highest BCUT2D eigenvalue weighted by Gasteiger charge is 2.38. The third kappa shape index (κ3) is 2.64. The Balaban J connectivity index is 1.72. The minimum absolute atomic E-state index is 0.589. The van der Waals surface area contributed by atoms with Crippen LogP contribution in [-0.2, 0) is 0 Å². The van der Waals surface area contributed by atoms with Crippen LogP contribution in [0.1, 0.15) is 38.2 Å². The third-order valence-electron chi connectivity index (χ3n) is 4.89. The number of fused-ring (bicyclic) bond motifs is 2. The van der Waals surface area contributed by atoms with Crippen molar-refractivity contribution in [2.24, 2.45) is 0 Å². The van der Waals surface area contributed by atoms with Gasteiger partial charge in [-0.2, -0.15) is 0 Å². The molecule has 3 rings (SSSR count). The Labute approximate surface area is 122 Å². The van der Waals surface area contributed by atoms with Crippen molar-refractivity contribution in [1.82, 2.24) is 4.90 Å². The van der Waals surface area contributed by atoms with Gasteiger partial charge < -0.3 is 15.0 Å². The van der Waals surface area contributed by atoms with Crippen molar-refractivity contribution in [3.05, 3.63) is 23.8 Å². The van der Waals surface area contributed by atoms with Crippen LogP contribution in [0.2, 0.25) is 0 Å². The lowest BCUT2D eigenvalue weighted by atomic mass is 9.97. The predicted octanol–water partition coefficient (Wildman–Crippen LogP) is 3.43. The quantitative estimate of drug-likeness (QED) is 0.910. The van der Waals surface area contributed by atoms with Crippen molar-refractivity contribution >= 4 is 5.69 Å². The van der Waals surface area contributed by atoms with Gasteiger partial charge in [-0.1, -0.05) is 6.07 Å². The van der Waals surface area contributed by atoms with E-state index in [1.807, 2.05) is 6.92 Å². The van der Waals surface area contributed by atoms with Gasteiger partial charge in [-0.3, -0.25) is 0 Å². The molecule has 2 unspecified atom stereocenters. The van der Waals surface area contributed by atoms with Crippen LogP contribution < -0.4 is 10.1 Å². The van der Waals surface area contributed by atoms with Gasteiger partial charge in [0.1, 0.15) is 5.75 Å². The molecule has 0 spiro atoms. The highest BCUT2D eigenvalue weighted by Crippen LogP contribution is 2.36. The Hall–Kier alpha value is -1.22. The van der Waals surface area contributed by atoms with Crippen LogP contribution in [0, 0.1) is 6.92 Å². The second-order valence-electron chi connectivity index (χ2n) is 6.30. The molecule has 110 valence electrons. The molecule has 20 heavy (non-hydrogen) atoms. The van der Waals surface area contributed by atoms with E-state index in [0.717, 1.165) is 30.1 Å². The van der Waals surface area contributed by atoms with E-state index in [-0.39, 0.29) is 0 Å². The Bertz CT molecular complexity index is 460. The third-order valence-corrected chi connectivity index (χ3v) is 4.89. The highest BCUT2D eigenvalue weighted by atomic mass is 16.5. The molecule has 2 fully saturated rings. The molecule has 1 aromatic rings. The molecule has 0 amide bonds. The normalized spacial score (nSPS) is 29.4. The maximum absolute atomic E-state index is 5.78. The van der Waals surface area contributed by atoms with Crippen molar-refractivity contribution < 1.29 is 4.74 Å². The largest absolute Gasteiger partial charge is 0.492 e. The van der Waals surface area contributed by atoms with E-state index in [1.54, 1.807) is 0 Å². The Morgan fingerprint density at radius 3 is 2.60 bits per heavy atom. The van der Waals surface area contributed by atoms with Gasteiger partial charge in [-0.25, -0.2) is 0 Å². The highest BCUT2D eigenvalue weighted by molar-refractivity contribution is 5.58. The van der Waals surface area contributed by atoms with E-state index < -0.39 is 0 Å². The summed E-state index contributed by atoms with van der Waals surface area (Å²) >= 11 is 0. The molecule has 2 aliphatic rings. The molecule has 2 saturated heterocycles. The summed E-state index contributed by atoms with van der Waals surface area (Å²) in [5.41, 5.74) is 2.41. The summed E-state index contributed by atoms with van der Waals surface area (Å²) in [5.74, 6) is 0.999. The first kappa shape index (κ1) is 13.7. The van der Waals surface area contributed by atoms with Crippen LogP contribution in [0.4, 0.5) is 5.69 Å². The summed E-state index contributed by atoms with van der Waals surface area (Å²) in [7, 11) is 2.29. The van der Waals surface area contributed by atoms with Crippen LogP contribution >= 0.6 is 0 Å². The summed E-state index contributed by atoms with van der Waals surface area (Å²) < 4.78 is 5.78. The lowest BCUT2D eigenvalue weighted by Crippen LogP contribution is -2.44. The molecule has 1 N–H and O–H groups in total. The van der Waals surface area contributed by atoms with E-state index in [4.69, 9.17) is 4.74 Å². The summed E-state index contributed by atoms with van der Waals surface area (Å²) in [6.45, 7) is 4.88. The fourth-order valence-corrected chi connectivity index (χ4v) is 3.77. The molecule has 2 aliphatic heterocycles. The van der Waals surface area contributed by atoms with Gasteiger partial charge in [0.05, 0.1) is 12.3 Å². The monoisotopic (exact) mass is 274 g/mol. The number of ether oxygens (including phenoxy) is 1. The zero-order chi connectivity index (χ0) is 14.1. The van der Waals surface area contributed by atoms with Crippen LogP contribution in [0.15, 0.2) is 18.2 Å². The topological polar surface area (TPSA) is 24.5 Å². The Kier molecular flexibility index (Phi) is 3.88. The SMILES string of the molecule is CCOc1cc(C)ccc1NC1CC2CCC(C1)N2C. The minimum atomic E-state index is 0.589. The molecule has 2 bridgehead atoms. The summed E-state index contributed by atoms with van der Waals surface area (Å²) in [6, 6.07) is 8.59. The van der Waals surface area contributed by atoms with Crippen LogP contribution in [0.25, 0.3) is 0 Å². The number of rotatable bonds is 4. The lowest BCUT2D eigenvalue weighted by Gasteiger charge is -2.37. The lowest BCUT2D eigenvalue weighted by molar-refractivity contribution is 0.168. The molecule has 1 aromatic carbocycles. The van der Waals surface area contributed by atoms with Crippen molar-refractivity contribution in [2.75, 3.05) is 19.0 Å². The van der Waals surface area contributed by atoms with Crippen molar-refractivity contribution in [3.8, 4) is 5.75 Å². The van der Waals surface area contributed by atoms with Crippen molar-refractivity contribution in [3.63, 3.8) is 0 Å². The van der Waals surface area contributed by atoms with E-state index in [9.17, 15) is 0 Å². The number of nitrogens with zero attached hydrogens (tertiary/aromatic N) is 1. The molecule has 3 heteroatoms. The summed E-state index contributed by atoms with van der Waals surface area (Å²) in [4.78, 5) is 2.58. The van der Waals surface area contributed by atoms with E-state index in [0.29, 0.717) is 6.04 Å². The average molecular weight is 274 g/mol. The summed E-state index contributed by atoms with van der Waals surface area (Å²) in [6.07, 6.45) is 5.25. The van der Waals surface area contributed by atoms with Gasteiger partial charge in [0, 0.05) is 18.1 Å². The summed E-state index contributed by atoms with van der Waals surface area (Å²) in [5, 5.41) is 3.73. The predicted molar refractivity (Wildman–Crippen MR) is 83.6 cm³/mol. The molecule has 2 atom stereocenters. The molecular formula is C17H26N2O. The van der Waals surface area contributed by atoms with E-state index in [1.165, 1.54) is 31.2 Å². The maximum Gasteiger partial charge on any atom is 0.142 e. The van der Waals surface area contributed by atoms with E-state index >= 15 is 0 Å². The molecule has 2 heterocycles. The van der Waals surface area contributed by atoms with E-state index in [2.05, 4.69) is 42.4 Å². The number of hydrogen-bond acceptors (Lipinski definition) is 3. The molecule has 0 radical (unpaired) electrons. The second-order valence-corrected chi connectivity index (χ2v) is 6.30. The fraction of sp³-hybridized carbons (Fsp3) is 0.647. The van der Waals surface area contributed by atoms with Gasteiger partial charge >= 0.3 is 0 Å². The number of piperidine rings is 1. The molecular weight excluding hydrogens is 248 g/mol. The van der Waals surface area contributed by atoms with Gasteiger partial charge in [0.25, 0.3) is 0 Å². The zero-order valence-corrected chi connectivity index (χ0v) is 12.9. The van der Waals surface area contributed by atoms with Crippen LogP contribution in [-0.4, -0.2) is 36.7 Å². The smallest absolute Gasteiger partial charge is 0.142 e. The number of benzene rings is 1. The van der Waals surface area contributed by atoms with Gasteiger partial charge in [0.2, 0.25) is 0 Å². The van der Waals surface area contributed by atoms with Crippen molar-refractivity contribution in [2.45, 2.75) is 57.7 Å². The van der Waals surface area contributed by atoms with Gasteiger partial charge in [0.15, 0.2) is 0 Å². The minimum Gasteiger partial charge on any atom is -0.492 e. The average Bonchev–Trinajstić information content (AvgIpc) is 2.64. The number of anilines is 1. The van der Waals surface area contributed by atoms with Crippen LogP contribution in [0.5, 0.6) is 5.75 Å². The number of hydrogen-bond donors (Lipinski definition) is 1. The molecule has 3 nitrogen and oxygen atoms in total. The van der Waals surface area contributed by atoms with Gasteiger partial charge in [-0.05, 0) is 64.3 Å². The Morgan fingerprint density at radius 2 is 1.95 bits per heavy atom. The zero-order valence-electron chi connectivity index (χ0n) is 12.9.